The molecule has 1 saturated carbocycles. The van der Waals surface area contributed by atoms with Crippen LogP contribution in [0.15, 0.2) is 48.1 Å². The van der Waals surface area contributed by atoms with E-state index in [1.165, 1.54) is 33.1 Å². The lowest BCUT2D eigenvalue weighted by Gasteiger charge is -2.41. The summed E-state index contributed by atoms with van der Waals surface area (Å²) >= 11 is 6.83. The zero-order valence-electron chi connectivity index (χ0n) is 53.8. The number of nitrogens with two attached hydrogens (primary N) is 1. The monoisotopic (exact) mass is 1280 g/mol. The Kier molecular flexibility index (Phi) is 24.9. The highest BCUT2D eigenvalue weighted by Crippen LogP contribution is 2.50. The minimum atomic E-state index is -1.71. The number of allylic oxidation sites excluding steroid dienone is 3. The van der Waals surface area contributed by atoms with Crippen molar-refractivity contribution in [2.24, 2.45) is 29.4 Å². The molecule has 5 N–H and O–H groups in total. The summed E-state index contributed by atoms with van der Waals surface area (Å²) in [5, 5.41) is 17.3. The van der Waals surface area contributed by atoms with Crippen molar-refractivity contribution in [2.75, 3.05) is 39.8 Å². The summed E-state index contributed by atoms with van der Waals surface area (Å²) < 4.78 is 67.7. The molecule has 2 saturated heterocycles. The predicted molar refractivity (Wildman–Crippen MR) is 329 cm³/mol. The molecule has 1 aliphatic carbocycles. The van der Waals surface area contributed by atoms with E-state index in [4.69, 9.17) is 45.8 Å². The number of esters is 3. The number of nitrogens with one attached hydrogen (secondary N) is 2. The number of likely N-dealkylation sites (N-methyl/N-ethyl adjacent to an activating group) is 1. The van der Waals surface area contributed by atoms with Gasteiger partial charge >= 0.3 is 23.9 Å². The van der Waals surface area contributed by atoms with Crippen molar-refractivity contribution in [1.82, 2.24) is 15.5 Å². The van der Waals surface area contributed by atoms with Crippen molar-refractivity contribution in [3.63, 3.8) is 0 Å². The van der Waals surface area contributed by atoms with E-state index in [0.29, 0.717) is 43.4 Å². The first-order valence-electron chi connectivity index (χ1n) is 30.9. The Bertz CT molecular complexity index is 3080. The fourth-order valence-electron chi connectivity index (χ4n) is 11.8. The van der Waals surface area contributed by atoms with E-state index >= 15 is 8.78 Å². The second-order valence-electron chi connectivity index (χ2n) is 25.8. The average molecular weight is 1280 g/mol. The number of carbonyl (C=O) groups is 9. The van der Waals surface area contributed by atoms with Crippen LogP contribution in [-0.2, 0) is 70.1 Å². The number of nitrogens with zero attached hydrogens (tertiary/aromatic N) is 2. The number of hydrogen-bond donors (Lipinski definition) is 4. The summed E-state index contributed by atoms with van der Waals surface area (Å²) in [4.78, 5) is 123. The summed E-state index contributed by atoms with van der Waals surface area (Å²) in [7, 11) is 5.48. The van der Waals surface area contributed by atoms with Gasteiger partial charge in [0.1, 0.15) is 69.3 Å². The number of ketones is 2. The third-order valence-electron chi connectivity index (χ3n) is 18.0. The second-order valence-corrected chi connectivity index (χ2v) is 26.2. The molecule has 0 radical (unpaired) electrons. The predicted octanol–water partition coefficient (Wildman–Crippen LogP) is 8.31. The molecule has 6 rings (SSSR count). The average Bonchev–Trinajstić information content (AvgIpc) is 1.57. The smallest absolute Gasteiger partial charge is 0.328 e. The van der Waals surface area contributed by atoms with Crippen LogP contribution in [0, 0.1) is 35.3 Å². The van der Waals surface area contributed by atoms with Gasteiger partial charge in [-0.15, -0.1) is 0 Å². The highest BCUT2D eigenvalue weighted by atomic mass is 35.5. The Labute approximate surface area is 530 Å². The number of hydrogen-bond acceptors (Lipinski definition) is 16. The molecule has 2 aromatic rings. The molecule has 90 heavy (non-hydrogen) atoms. The van der Waals surface area contributed by atoms with Crippen molar-refractivity contribution in [1.29, 1.82) is 0 Å². The highest BCUT2D eigenvalue weighted by Gasteiger charge is 2.64. The minimum Gasteiger partial charge on any atom is -0.495 e. The van der Waals surface area contributed by atoms with Gasteiger partial charge in [-0.1, -0.05) is 62.6 Å². The number of unbranched alkanes of at least 4 members (excludes halogenated alkanes) is 1. The first-order chi connectivity index (χ1) is 42.2. The molecule has 5 amide bonds. The van der Waals surface area contributed by atoms with E-state index in [1.807, 2.05) is 26.8 Å². The normalized spacial score (nSPS) is 25.0. The van der Waals surface area contributed by atoms with Gasteiger partial charge in [0.15, 0.2) is 5.78 Å². The molecule has 10 atom stereocenters. The fraction of sp³-hybridized carbons (Fsp3) is 0.621. The van der Waals surface area contributed by atoms with Crippen LogP contribution in [0.3, 0.4) is 0 Å². The van der Waals surface area contributed by atoms with Crippen LogP contribution < -0.4 is 26.0 Å². The fourth-order valence-corrected chi connectivity index (χ4v) is 12.1. The van der Waals surface area contributed by atoms with Gasteiger partial charge in [-0.2, -0.15) is 0 Å². The van der Waals surface area contributed by atoms with E-state index in [1.54, 1.807) is 52.0 Å². The third kappa shape index (κ3) is 18.5. The van der Waals surface area contributed by atoms with E-state index < -0.39 is 142 Å². The largest absolute Gasteiger partial charge is 0.495 e. The summed E-state index contributed by atoms with van der Waals surface area (Å²) in [6.45, 7) is 13.7. The van der Waals surface area contributed by atoms with Crippen LogP contribution in [0.25, 0.3) is 0 Å². The van der Waals surface area contributed by atoms with Crippen molar-refractivity contribution in [2.45, 2.75) is 205 Å². The molecule has 21 nitrogen and oxygen atoms in total. The second kappa shape index (κ2) is 31.0. The Balaban J connectivity index is 1.17. The molecule has 4 aliphatic rings. The number of halogens is 3. The van der Waals surface area contributed by atoms with Gasteiger partial charge < -0.3 is 59.7 Å². The maximum atomic E-state index is 16.2. The van der Waals surface area contributed by atoms with E-state index in [-0.39, 0.29) is 85.1 Å². The Hall–Kier alpha value is -6.82. The number of benzene rings is 2. The lowest BCUT2D eigenvalue weighted by Crippen LogP contribution is -2.53. The van der Waals surface area contributed by atoms with Gasteiger partial charge in [0.25, 0.3) is 5.91 Å². The Morgan fingerprint density at radius 2 is 1.71 bits per heavy atom. The van der Waals surface area contributed by atoms with Crippen LogP contribution in [0.5, 0.6) is 5.75 Å². The Morgan fingerprint density at radius 1 is 1.01 bits per heavy atom. The number of carbonyl (C=O) groups excluding carboxylic acids is 9. The van der Waals surface area contributed by atoms with Gasteiger partial charge in [-0.25, -0.2) is 18.4 Å². The summed E-state index contributed by atoms with van der Waals surface area (Å²) in [6.07, 6.45) is 4.08. The SMILES string of the molecule is COc1cc2cc(c1Cl)N(C)C(=O)C[C@H](OC(=O)[C@H](C)N(C)C(=O)c1cc(F)c(CC(=O)[C@H](CCCNC(N)=O)NC(=O)[C@@H](CC(=O)CCCCC(C)(C)OC(=O)C3CCC3)C(C)C)cc1F)[C@]1(C)O[C@H]1[C@H](C)[C@@H]1C[C@@](O)(CC(=O)O1)[C@H](OC)/C=C/C=C(\C)C2. The molecule has 3 heterocycles. The van der Waals surface area contributed by atoms with Crippen molar-refractivity contribution >= 4 is 70.5 Å². The minimum absolute atomic E-state index is 0.0115. The van der Waals surface area contributed by atoms with Crippen LogP contribution in [0.4, 0.5) is 19.3 Å². The first kappa shape index (κ1) is 72.2. The molecule has 0 aromatic heterocycles. The maximum absolute atomic E-state index is 16.2. The molecule has 0 unspecified atom stereocenters. The number of Topliss-reactive ketones (excluding diaryl/α,β-unsaturated/α-hetero) is 2. The Morgan fingerprint density at radius 3 is 2.34 bits per heavy atom. The van der Waals surface area contributed by atoms with Crippen LogP contribution in [0.1, 0.15) is 160 Å². The summed E-state index contributed by atoms with van der Waals surface area (Å²) in [5.74, 6) is -9.38. The number of ether oxygens (including phenoxy) is 6. The standard InChI is InChI=1S/C66H90ClF2N5O16/c1-36(2)44(31-43(75)21-13-14-24-64(6,7)90-62(82)41-19-16-20-41)59(79)72-48(22-17-25-71-63(70)83)50(76)30-42-29-47(69)45(32-46(42)68)60(80)73(9)39(5)61(81)88-54-33-55(77)74(10)49-27-40(28-51(85-11)57(49)67)26-37(3)18-15-23-53(86-12)66(84)34-52(87-56(78)35-66)38(4)58-65(54,8)89-58/h15,18,23,27-29,32,36,38-39,41,44,48,52-54,58,84H,13-14,16-17,19-22,24-26,30-31,33-35H2,1-12H3,(H,72,79)(H3,70,71,83)/b23-15+,37-18+/t38-,39+,44+,48+,52+,53-,54+,58+,65+,66-/m1/s1. The topological polar surface area (TPSA) is 289 Å². The molecule has 3 aliphatic heterocycles. The van der Waals surface area contributed by atoms with Crippen molar-refractivity contribution in [3.05, 3.63) is 81.4 Å². The quantitative estimate of drug-likeness (QED) is 0.0314. The number of urea groups is 1. The molecule has 0 spiro atoms. The van der Waals surface area contributed by atoms with Gasteiger partial charge in [0.05, 0.1) is 49.3 Å². The molecular weight excluding hydrogens is 1190 g/mol. The third-order valence-corrected chi connectivity index (χ3v) is 18.4. The number of rotatable bonds is 25. The van der Waals surface area contributed by atoms with Crippen molar-refractivity contribution < 1.29 is 85.5 Å². The maximum Gasteiger partial charge on any atom is 0.328 e. The zero-order chi connectivity index (χ0) is 66.7. The molecule has 24 heteroatoms. The van der Waals surface area contributed by atoms with Gasteiger partial charge in [0.2, 0.25) is 11.8 Å². The first-order valence-corrected chi connectivity index (χ1v) is 31.3. The lowest BCUT2D eigenvalue weighted by molar-refractivity contribution is -0.187. The summed E-state index contributed by atoms with van der Waals surface area (Å²) in [6, 6.07) is 1.06. The number of epoxide rings is 1. The van der Waals surface area contributed by atoms with Gasteiger partial charge in [0, 0.05) is 65.3 Å². The van der Waals surface area contributed by atoms with Crippen LogP contribution >= 0.6 is 11.6 Å². The molecule has 2 aromatic carbocycles. The zero-order valence-corrected chi connectivity index (χ0v) is 54.6. The lowest BCUT2D eigenvalue weighted by atomic mass is 9.78. The number of amides is 5. The van der Waals surface area contributed by atoms with E-state index in [0.717, 1.165) is 36.8 Å². The van der Waals surface area contributed by atoms with E-state index in [2.05, 4.69) is 10.6 Å². The number of aliphatic hydroxyl groups is 1. The number of anilines is 1. The molecule has 3 fully saturated rings. The van der Waals surface area contributed by atoms with Gasteiger partial charge in [-0.3, -0.25) is 33.6 Å². The van der Waals surface area contributed by atoms with Gasteiger partial charge in [-0.05, 0) is 127 Å². The number of primary amides is 1. The molecular formula is C66H90ClF2N5O16. The highest BCUT2D eigenvalue weighted by molar-refractivity contribution is 6.35. The summed E-state index contributed by atoms with van der Waals surface area (Å²) in [5.41, 5.74) is 1.95. The van der Waals surface area contributed by atoms with Crippen LogP contribution in [0.2, 0.25) is 5.02 Å². The number of methoxy groups -OCH3 is 2. The van der Waals surface area contributed by atoms with Crippen molar-refractivity contribution in [3.8, 4) is 5.75 Å². The molecule has 4 bridgehead atoms. The number of fused-ring (bicyclic) bond motifs is 5. The molecule has 496 valence electrons. The van der Waals surface area contributed by atoms with Crippen LogP contribution in [-0.4, -0.2) is 151 Å². The van der Waals surface area contributed by atoms with E-state index in [9.17, 15) is 48.3 Å².